The zero-order valence-electron chi connectivity index (χ0n) is 40.8. The molecule has 0 radical (unpaired) electrons. The minimum absolute atomic E-state index is 0.0209. The molecular weight excluding hydrogens is 847 g/mol. The number of likely N-dealkylation sites (N-methyl/N-ethyl adjacent to an activating group) is 1. The molecule has 1 unspecified atom stereocenters. The number of hydrogen-bond donors (Lipinski definition) is 4. The maximum absolute atomic E-state index is 13.1. The predicted octanol–water partition coefficient (Wildman–Crippen LogP) is 12.4. The fourth-order valence-electron chi connectivity index (χ4n) is 7.45. The van der Waals surface area contributed by atoms with Crippen molar-refractivity contribution in [2.24, 2.45) is 10.7 Å². The Balaban J connectivity index is 0.00000176. The van der Waals surface area contributed by atoms with Crippen molar-refractivity contribution in [1.82, 2.24) is 4.90 Å². The lowest BCUT2D eigenvalue weighted by Gasteiger charge is -2.22. The van der Waals surface area contributed by atoms with E-state index in [0.29, 0.717) is 31.8 Å². The highest BCUT2D eigenvalue weighted by Gasteiger charge is 2.42. The second-order valence-corrected chi connectivity index (χ2v) is 18.3. The number of aliphatic imine (C=N–C) groups is 1. The SMILES string of the molecule is CCCCCCCC/C=C\CCCCCCCC(=O)C1=NC(N)(C(=O)CCCCCCC/C=C\CCCCCCCC)CN1CC.COS(=O)(=O)O.Cc1c(C(=O)O)cccc1C(=O)O. The Hall–Kier alpha value is -3.72. The van der Waals surface area contributed by atoms with Crippen LogP contribution in [0.3, 0.4) is 0 Å². The summed E-state index contributed by atoms with van der Waals surface area (Å²) >= 11 is 0. The van der Waals surface area contributed by atoms with Gasteiger partial charge in [-0.3, -0.25) is 24.1 Å². The monoisotopic (exact) mass is 934 g/mol. The van der Waals surface area contributed by atoms with E-state index in [2.05, 4.69) is 47.3 Å². The third-order valence-electron chi connectivity index (χ3n) is 11.5. The maximum Gasteiger partial charge on any atom is 0.397 e. The van der Waals surface area contributed by atoms with Gasteiger partial charge in [0.1, 0.15) is 0 Å². The van der Waals surface area contributed by atoms with Crippen LogP contribution in [0.25, 0.3) is 0 Å². The van der Waals surface area contributed by atoms with Crippen LogP contribution in [-0.2, 0) is 24.2 Å². The Morgan fingerprint density at radius 1 is 0.662 bits per heavy atom. The summed E-state index contributed by atoms with van der Waals surface area (Å²) in [7, 11) is -3.29. The fraction of sp³-hybridized carbons (Fsp3) is 0.706. The first kappa shape index (κ1) is 61.3. The number of unbranched alkanes of at least 4 members (excludes halogenated alkanes) is 22. The molecule has 0 amide bonds. The molecule has 0 bridgehead atoms. The molecule has 1 heterocycles. The fourth-order valence-corrected chi connectivity index (χ4v) is 7.45. The van der Waals surface area contributed by atoms with Crippen LogP contribution in [0.4, 0.5) is 0 Å². The number of nitrogens with zero attached hydrogens (tertiary/aromatic N) is 2. The molecule has 13 nitrogen and oxygen atoms in total. The maximum atomic E-state index is 13.1. The number of Topliss-reactive ketones (excluding diaryl/α,β-unsaturated/α-hetero) is 2. The van der Waals surface area contributed by atoms with E-state index in [1.54, 1.807) is 0 Å². The molecule has 0 saturated carbocycles. The van der Waals surface area contributed by atoms with Gasteiger partial charge < -0.3 is 15.1 Å². The predicted molar refractivity (Wildman–Crippen MR) is 264 cm³/mol. The third kappa shape index (κ3) is 31.0. The number of benzene rings is 1. The first-order valence-electron chi connectivity index (χ1n) is 24.7. The van der Waals surface area contributed by atoms with Crippen molar-refractivity contribution >= 4 is 39.7 Å². The largest absolute Gasteiger partial charge is 0.478 e. The Morgan fingerprint density at radius 3 is 1.37 bits per heavy atom. The highest BCUT2D eigenvalue weighted by atomic mass is 32.3. The summed E-state index contributed by atoms with van der Waals surface area (Å²) in [6.45, 7) is 9.00. The zero-order valence-corrected chi connectivity index (χ0v) is 41.7. The van der Waals surface area contributed by atoms with E-state index in [1.807, 2.05) is 11.8 Å². The summed E-state index contributed by atoms with van der Waals surface area (Å²) in [4.78, 5) is 53.7. The molecule has 372 valence electrons. The van der Waals surface area contributed by atoms with Crippen molar-refractivity contribution in [1.29, 1.82) is 0 Å². The van der Waals surface area contributed by atoms with E-state index in [0.717, 1.165) is 52.1 Å². The normalized spacial score (nSPS) is 14.8. The summed E-state index contributed by atoms with van der Waals surface area (Å²) in [5, 5.41) is 17.4. The molecule has 0 saturated heterocycles. The molecule has 0 aliphatic carbocycles. The van der Waals surface area contributed by atoms with Crippen LogP contribution >= 0.6 is 0 Å². The molecule has 65 heavy (non-hydrogen) atoms. The molecule has 0 aromatic heterocycles. The third-order valence-corrected chi connectivity index (χ3v) is 11.9. The number of hydrogen-bond acceptors (Lipinski definition) is 10. The summed E-state index contributed by atoms with van der Waals surface area (Å²) in [5.41, 5.74) is 5.57. The summed E-state index contributed by atoms with van der Waals surface area (Å²) in [5.74, 6) is -1.77. The molecule has 14 heteroatoms. The minimum Gasteiger partial charge on any atom is -0.478 e. The molecular formula is C51H87N3O10S. The molecule has 1 aliphatic rings. The molecule has 1 atom stereocenters. The Bertz CT molecular complexity index is 1640. The topological polar surface area (TPSA) is 214 Å². The highest BCUT2D eigenvalue weighted by molar-refractivity contribution is 7.80. The molecule has 0 spiro atoms. The van der Waals surface area contributed by atoms with Gasteiger partial charge in [0.2, 0.25) is 0 Å². The Morgan fingerprint density at radius 2 is 1.02 bits per heavy atom. The van der Waals surface area contributed by atoms with Gasteiger partial charge in [0.05, 0.1) is 24.8 Å². The van der Waals surface area contributed by atoms with E-state index in [4.69, 9.17) is 20.5 Å². The zero-order chi connectivity index (χ0) is 48.8. The lowest BCUT2D eigenvalue weighted by atomic mass is 10.00. The van der Waals surface area contributed by atoms with Crippen LogP contribution in [0.2, 0.25) is 0 Å². The lowest BCUT2D eigenvalue weighted by Crippen LogP contribution is -2.50. The second kappa shape index (κ2) is 38.4. The average molecular weight is 934 g/mol. The number of amidine groups is 1. The minimum atomic E-state index is -4.16. The molecule has 0 fully saturated rings. The van der Waals surface area contributed by atoms with Gasteiger partial charge in [-0.1, -0.05) is 147 Å². The van der Waals surface area contributed by atoms with E-state index in [1.165, 1.54) is 147 Å². The van der Waals surface area contributed by atoms with Crippen molar-refractivity contribution in [3.8, 4) is 0 Å². The quantitative estimate of drug-likeness (QED) is 0.0281. The van der Waals surface area contributed by atoms with Gasteiger partial charge in [0.25, 0.3) is 0 Å². The van der Waals surface area contributed by atoms with Crippen LogP contribution in [0.5, 0.6) is 0 Å². The van der Waals surface area contributed by atoms with E-state index < -0.39 is 28.0 Å². The van der Waals surface area contributed by atoms with Crippen LogP contribution in [0.1, 0.15) is 227 Å². The lowest BCUT2D eigenvalue weighted by molar-refractivity contribution is -0.124. The number of carbonyl (C=O) groups excluding carboxylic acids is 2. The average Bonchev–Trinajstić information content (AvgIpc) is 3.64. The number of aromatic carboxylic acids is 2. The van der Waals surface area contributed by atoms with Gasteiger partial charge >= 0.3 is 22.3 Å². The number of carboxylic acids is 2. The van der Waals surface area contributed by atoms with Crippen molar-refractivity contribution in [2.45, 2.75) is 213 Å². The summed E-state index contributed by atoms with van der Waals surface area (Å²) < 4.78 is 29.7. The summed E-state index contributed by atoms with van der Waals surface area (Å²) in [6, 6.07) is 4.17. The number of nitrogens with two attached hydrogens (primary N) is 1. The van der Waals surface area contributed by atoms with Gasteiger partial charge in [0, 0.05) is 19.4 Å². The molecule has 2 rings (SSSR count). The van der Waals surface area contributed by atoms with Gasteiger partial charge in [-0.25, -0.2) is 14.6 Å². The summed E-state index contributed by atoms with van der Waals surface area (Å²) in [6.07, 6.45) is 42.5. The molecule has 1 aromatic carbocycles. The van der Waals surface area contributed by atoms with Crippen molar-refractivity contribution in [3.63, 3.8) is 0 Å². The van der Waals surface area contributed by atoms with Gasteiger partial charge in [-0.15, -0.1) is 0 Å². The van der Waals surface area contributed by atoms with E-state index >= 15 is 0 Å². The number of rotatable bonds is 36. The Kier molecular flexibility index (Phi) is 36.2. The van der Waals surface area contributed by atoms with Gasteiger partial charge in [0.15, 0.2) is 23.1 Å². The molecule has 1 aliphatic heterocycles. The van der Waals surface area contributed by atoms with Crippen molar-refractivity contribution in [3.05, 3.63) is 59.2 Å². The second-order valence-electron chi connectivity index (χ2n) is 17.1. The van der Waals surface area contributed by atoms with Crippen LogP contribution in [-0.4, -0.2) is 83.3 Å². The smallest absolute Gasteiger partial charge is 0.397 e. The first-order valence-corrected chi connectivity index (χ1v) is 26.0. The molecule has 1 aromatic rings. The van der Waals surface area contributed by atoms with E-state index in [9.17, 15) is 27.6 Å². The standard InChI is InChI=1S/C41H75N3O2.C9H8O4.CH4O4S/c1-4-7-9-11-13-15-17-19-21-23-25-27-29-31-33-35-38(45)40-43-41(42,37-44(40)6-3)39(46)36-34-32-30-28-26-24-22-20-18-16-14-12-10-8-5-2;1-5-6(8(10)11)3-2-4-7(5)9(12)13;1-5-6(2,3)4/h19-22H,4-18,23-37,42H2,1-3H3;2-4H,1H3,(H,10,11)(H,12,13);1H3,(H,2,3,4)/b21-19-,22-20-;;. The number of allylic oxidation sites excluding steroid dienone is 4. The van der Waals surface area contributed by atoms with Crippen LogP contribution < -0.4 is 5.73 Å². The first-order chi connectivity index (χ1) is 31.1. The van der Waals surface area contributed by atoms with Gasteiger partial charge in [-0.05, 0) is 95.8 Å². The van der Waals surface area contributed by atoms with Crippen molar-refractivity contribution in [2.75, 3.05) is 20.2 Å². The van der Waals surface area contributed by atoms with Crippen LogP contribution in [0.15, 0.2) is 47.5 Å². The molecule has 5 N–H and O–H groups in total. The van der Waals surface area contributed by atoms with E-state index in [-0.39, 0.29) is 28.3 Å². The Labute approximate surface area is 393 Å². The number of ketones is 2. The number of carboxylic acid groups (broad SMARTS) is 2. The van der Waals surface area contributed by atoms with Crippen molar-refractivity contribution < 1.29 is 46.5 Å². The van der Waals surface area contributed by atoms with Gasteiger partial charge in [-0.2, -0.15) is 8.42 Å². The van der Waals surface area contributed by atoms with Crippen LogP contribution in [0, 0.1) is 6.92 Å². The highest BCUT2D eigenvalue weighted by Crippen LogP contribution is 2.22. The number of carbonyl (C=O) groups is 4.